The molecular weight excluding hydrogens is 448 g/mol. The average Bonchev–Trinajstić information content (AvgIpc) is 3.37. The lowest BCUT2D eigenvalue weighted by atomic mass is 9.95. The third kappa shape index (κ3) is 3.64. The lowest BCUT2D eigenvalue weighted by Crippen LogP contribution is -2.29. The summed E-state index contributed by atoms with van der Waals surface area (Å²) in [5, 5.41) is 11.6. The van der Waals surface area contributed by atoms with E-state index in [4.69, 9.17) is 4.74 Å². The standard InChI is InChI=1S/C27H22N2O4S/c1-15-7-10-17(11-8-15)24(30)22-23(18-5-4-6-19(14-18)33-3)29(26(32)25(22)31)27-28-20-12-9-16(2)13-21(20)34-27/h4-14,23,30H,1-3H3. The summed E-state index contributed by atoms with van der Waals surface area (Å²) in [5.41, 5.74) is 3.98. The monoisotopic (exact) mass is 470 g/mol. The highest BCUT2D eigenvalue weighted by Crippen LogP contribution is 2.44. The highest BCUT2D eigenvalue weighted by molar-refractivity contribution is 7.22. The van der Waals surface area contributed by atoms with E-state index in [1.165, 1.54) is 16.2 Å². The Morgan fingerprint density at radius 2 is 1.74 bits per heavy atom. The number of ether oxygens (including phenoxy) is 1. The minimum absolute atomic E-state index is 0.0255. The second-order valence-electron chi connectivity index (χ2n) is 8.28. The van der Waals surface area contributed by atoms with Crippen LogP contribution < -0.4 is 9.64 Å². The summed E-state index contributed by atoms with van der Waals surface area (Å²) < 4.78 is 6.30. The number of anilines is 1. The van der Waals surface area contributed by atoms with Crippen LogP contribution in [0, 0.1) is 13.8 Å². The number of carbonyl (C=O) groups is 2. The van der Waals surface area contributed by atoms with Crippen LogP contribution in [-0.2, 0) is 9.59 Å². The number of aliphatic hydroxyl groups is 1. The summed E-state index contributed by atoms with van der Waals surface area (Å²) in [5.74, 6) is -1.11. The van der Waals surface area contributed by atoms with Crippen LogP contribution >= 0.6 is 11.3 Å². The maximum atomic E-state index is 13.4. The molecule has 0 spiro atoms. The number of aliphatic hydroxyl groups excluding tert-OH is 1. The smallest absolute Gasteiger partial charge is 0.301 e. The zero-order chi connectivity index (χ0) is 24.0. The summed E-state index contributed by atoms with van der Waals surface area (Å²) in [7, 11) is 1.55. The van der Waals surface area contributed by atoms with Gasteiger partial charge in [-0.05, 0) is 49.2 Å². The number of rotatable bonds is 4. The van der Waals surface area contributed by atoms with Gasteiger partial charge in [-0.15, -0.1) is 0 Å². The van der Waals surface area contributed by atoms with E-state index >= 15 is 0 Å². The van der Waals surface area contributed by atoms with Gasteiger partial charge in [-0.3, -0.25) is 14.5 Å². The van der Waals surface area contributed by atoms with Crippen molar-refractivity contribution in [3.8, 4) is 5.75 Å². The maximum Gasteiger partial charge on any atom is 0.301 e. The fourth-order valence-corrected chi connectivity index (χ4v) is 5.24. The number of aryl methyl sites for hydroxylation is 2. The van der Waals surface area contributed by atoms with E-state index in [0.29, 0.717) is 22.0 Å². The second kappa shape index (κ2) is 8.43. The first kappa shape index (κ1) is 21.9. The van der Waals surface area contributed by atoms with Crippen molar-refractivity contribution in [2.75, 3.05) is 12.0 Å². The number of carbonyl (C=O) groups excluding carboxylic acids is 2. The van der Waals surface area contributed by atoms with E-state index in [1.54, 1.807) is 37.4 Å². The Hall–Kier alpha value is -3.97. The summed E-state index contributed by atoms with van der Waals surface area (Å²) in [6.07, 6.45) is 0. The predicted octanol–water partition coefficient (Wildman–Crippen LogP) is 5.55. The first-order valence-corrected chi connectivity index (χ1v) is 11.6. The van der Waals surface area contributed by atoms with Gasteiger partial charge in [0, 0.05) is 5.56 Å². The molecule has 1 fully saturated rings. The normalized spacial score (nSPS) is 17.5. The number of fused-ring (bicyclic) bond motifs is 1. The molecule has 0 bridgehead atoms. The molecule has 1 N–H and O–H groups in total. The Kier molecular flexibility index (Phi) is 5.42. The molecule has 1 saturated heterocycles. The molecule has 1 atom stereocenters. The Bertz CT molecular complexity index is 1470. The lowest BCUT2D eigenvalue weighted by molar-refractivity contribution is -0.132. The number of thiazole rings is 1. The van der Waals surface area contributed by atoms with E-state index in [0.717, 1.165) is 21.3 Å². The third-order valence-electron chi connectivity index (χ3n) is 5.92. The molecular formula is C27H22N2O4S. The van der Waals surface area contributed by atoms with E-state index in [2.05, 4.69) is 4.98 Å². The van der Waals surface area contributed by atoms with E-state index in [-0.39, 0.29) is 11.3 Å². The number of methoxy groups -OCH3 is 1. The molecule has 0 aliphatic carbocycles. The van der Waals surface area contributed by atoms with Crippen LogP contribution in [0.3, 0.4) is 0 Å². The van der Waals surface area contributed by atoms with Gasteiger partial charge in [0.05, 0.1) is 28.9 Å². The zero-order valence-corrected chi connectivity index (χ0v) is 19.7. The van der Waals surface area contributed by atoms with Crippen molar-refractivity contribution in [1.82, 2.24) is 4.98 Å². The summed E-state index contributed by atoms with van der Waals surface area (Å²) >= 11 is 1.34. The predicted molar refractivity (Wildman–Crippen MR) is 133 cm³/mol. The first-order valence-electron chi connectivity index (χ1n) is 10.8. The Balaban J connectivity index is 1.74. The molecule has 170 valence electrons. The van der Waals surface area contributed by atoms with E-state index in [1.807, 2.05) is 50.2 Å². The molecule has 0 saturated carbocycles. The van der Waals surface area contributed by atoms with Gasteiger partial charge >= 0.3 is 5.91 Å². The highest BCUT2D eigenvalue weighted by Gasteiger charge is 2.48. The average molecular weight is 471 g/mol. The Morgan fingerprint density at radius 1 is 1.00 bits per heavy atom. The van der Waals surface area contributed by atoms with Crippen LogP contribution in [-0.4, -0.2) is 28.9 Å². The van der Waals surface area contributed by atoms with Crippen LogP contribution in [0.5, 0.6) is 5.75 Å². The second-order valence-corrected chi connectivity index (χ2v) is 9.29. The molecule has 1 amide bonds. The number of aromatic nitrogens is 1. The van der Waals surface area contributed by atoms with Crippen molar-refractivity contribution in [2.24, 2.45) is 0 Å². The van der Waals surface area contributed by atoms with Crippen LogP contribution in [0.25, 0.3) is 16.0 Å². The van der Waals surface area contributed by atoms with Gasteiger partial charge in [-0.25, -0.2) is 4.98 Å². The molecule has 7 heteroatoms. The van der Waals surface area contributed by atoms with Gasteiger partial charge in [-0.1, -0.05) is 59.4 Å². The SMILES string of the molecule is COc1cccc(C2C(=C(O)c3ccc(C)cc3)C(=O)C(=O)N2c2nc3ccc(C)cc3s2)c1. The number of nitrogens with zero attached hydrogens (tertiary/aromatic N) is 2. The largest absolute Gasteiger partial charge is 0.507 e. The van der Waals surface area contributed by atoms with Crippen molar-refractivity contribution in [1.29, 1.82) is 0 Å². The fraction of sp³-hybridized carbons (Fsp3) is 0.148. The minimum atomic E-state index is -0.849. The molecule has 1 aliphatic heterocycles. The highest BCUT2D eigenvalue weighted by atomic mass is 32.1. The van der Waals surface area contributed by atoms with Gasteiger partial charge < -0.3 is 9.84 Å². The maximum absolute atomic E-state index is 13.4. The molecule has 5 rings (SSSR count). The molecule has 3 aromatic carbocycles. The fourth-order valence-electron chi connectivity index (χ4n) is 4.15. The third-order valence-corrected chi connectivity index (χ3v) is 6.94. The van der Waals surface area contributed by atoms with Gasteiger partial charge in [0.1, 0.15) is 11.5 Å². The van der Waals surface area contributed by atoms with E-state index < -0.39 is 17.7 Å². The molecule has 34 heavy (non-hydrogen) atoms. The van der Waals surface area contributed by atoms with Crippen molar-refractivity contribution < 1.29 is 19.4 Å². The summed E-state index contributed by atoms with van der Waals surface area (Å²) in [6, 6.07) is 19.3. The van der Waals surface area contributed by atoms with Crippen LogP contribution in [0.2, 0.25) is 0 Å². The van der Waals surface area contributed by atoms with Crippen LogP contribution in [0.15, 0.2) is 72.3 Å². The van der Waals surface area contributed by atoms with Gasteiger partial charge in [0.2, 0.25) is 0 Å². The van der Waals surface area contributed by atoms with Crippen molar-refractivity contribution in [2.45, 2.75) is 19.9 Å². The molecule has 1 unspecified atom stereocenters. The number of amides is 1. The van der Waals surface area contributed by atoms with Crippen molar-refractivity contribution >= 4 is 44.1 Å². The van der Waals surface area contributed by atoms with Crippen molar-refractivity contribution in [3.63, 3.8) is 0 Å². The zero-order valence-electron chi connectivity index (χ0n) is 18.9. The van der Waals surface area contributed by atoms with Gasteiger partial charge in [-0.2, -0.15) is 0 Å². The minimum Gasteiger partial charge on any atom is -0.507 e. The first-order chi connectivity index (χ1) is 16.4. The number of hydrogen-bond acceptors (Lipinski definition) is 6. The molecule has 6 nitrogen and oxygen atoms in total. The van der Waals surface area contributed by atoms with Gasteiger partial charge in [0.25, 0.3) is 5.78 Å². The summed E-state index contributed by atoms with van der Waals surface area (Å²) in [6.45, 7) is 3.93. The number of hydrogen-bond donors (Lipinski definition) is 1. The topological polar surface area (TPSA) is 79.7 Å². The molecule has 4 aromatic rings. The quantitative estimate of drug-likeness (QED) is 0.240. The number of Topliss-reactive ketones (excluding diaryl/α,β-unsaturated/α-hetero) is 1. The van der Waals surface area contributed by atoms with Crippen LogP contribution in [0.4, 0.5) is 5.13 Å². The summed E-state index contributed by atoms with van der Waals surface area (Å²) in [4.78, 5) is 32.7. The Labute approximate surface area is 200 Å². The van der Waals surface area contributed by atoms with Crippen LogP contribution in [0.1, 0.15) is 28.3 Å². The number of benzene rings is 3. The molecule has 1 aromatic heterocycles. The van der Waals surface area contributed by atoms with Crippen molar-refractivity contribution in [3.05, 3.63) is 94.6 Å². The lowest BCUT2D eigenvalue weighted by Gasteiger charge is -2.23. The van der Waals surface area contributed by atoms with E-state index in [9.17, 15) is 14.7 Å². The molecule has 2 heterocycles. The number of ketones is 1. The molecule has 0 radical (unpaired) electrons. The van der Waals surface area contributed by atoms with Gasteiger partial charge in [0.15, 0.2) is 5.13 Å². The Morgan fingerprint density at radius 3 is 2.47 bits per heavy atom. The molecule has 1 aliphatic rings.